The summed E-state index contributed by atoms with van der Waals surface area (Å²) in [6.07, 6.45) is 13.6. The highest BCUT2D eigenvalue weighted by molar-refractivity contribution is 5.78. The fourth-order valence-electron chi connectivity index (χ4n) is 12.4. The summed E-state index contributed by atoms with van der Waals surface area (Å²) in [6, 6.07) is 10.3. The largest absolute Gasteiger partial charge is 0.460 e. The first kappa shape index (κ1) is 28.5. The molecule has 2 nitrogen and oxygen atoms in total. The van der Waals surface area contributed by atoms with Crippen LogP contribution in [0.1, 0.15) is 119 Å². The van der Waals surface area contributed by atoms with Crippen molar-refractivity contribution in [1.29, 1.82) is 0 Å². The molecular weight excluding hydrogens is 488 g/mol. The third-order valence-corrected chi connectivity index (χ3v) is 15.0. The van der Waals surface area contributed by atoms with Crippen LogP contribution in [0.2, 0.25) is 0 Å². The smallest absolute Gasteiger partial charge is 0.312 e. The van der Waals surface area contributed by atoms with Crippen molar-refractivity contribution in [2.75, 3.05) is 0 Å². The molecule has 6 rings (SSSR count). The van der Waals surface area contributed by atoms with Gasteiger partial charge in [-0.15, -0.1) is 0 Å². The molecule has 4 fully saturated rings. The van der Waals surface area contributed by atoms with Crippen LogP contribution in [0, 0.1) is 62.6 Å². The molecular formula is C38H56O2. The highest BCUT2D eigenvalue weighted by atomic mass is 16.5. The predicted octanol–water partition coefficient (Wildman–Crippen LogP) is 10.0. The first-order valence-corrected chi connectivity index (χ1v) is 16.7. The molecule has 40 heavy (non-hydrogen) atoms. The Kier molecular flexibility index (Phi) is 6.76. The van der Waals surface area contributed by atoms with Gasteiger partial charge >= 0.3 is 5.97 Å². The van der Waals surface area contributed by atoms with Crippen molar-refractivity contribution in [1.82, 2.24) is 0 Å². The lowest BCUT2D eigenvalue weighted by molar-refractivity contribution is -0.232. The van der Waals surface area contributed by atoms with Crippen molar-refractivity contribution in [2.45, 2.75) is 120 Å². The molecule has 5 aliphatic rings. The maximum atomic E-state index is 14.2. The maximum absolute atomic E-state index is 14.2. The molecule has 0 bridgehead atoms. The fourth-order valence-corrected chi connectivity index (χ4v) is 12.4. The zero-order chi connectivity index (χ0) is 28.7. The van der Waals surface area contributed by atoms with Crippen LogP contribution in [-0.2, 0) is 16.1 Å². The molecule has 4 saturated carbocycles. The quantitative estimate of drug-likeness (QED) is 0.278. The van der Waals surface area contributed by atoms with E-state index in [0.717, 1.165) is 30.2 Å². The van der Waals surface area contributed by atoms with Gasteiger partial charge in [0.1, 0.15) is 6.61 Å². The number of benzene rings is 1. The Bertz CT molecular complexity index is 1160. The third kappa shape index (κ3) is 3.75. The van der Waals surface area contributed by atoms with Gasteiger partial charge in [0.15, 0.2) is 0 Å². The van der Waals surface area contributed by atoms with E-state index in [1.165, 1.54) is 44.9 Å². The Morgan fingerprint density at radius 3 is 2.30 bits per heavy atom. The second-order valence-electron chi connectivity index (χ2n) is 16.7. The predicted molar refractivity (Wildman–Crippen MR) is 164 cm³/mol. The molecule has 2 heteroatoms. The van der Waals surface area contributed by atoms with Crippen molar-refractivity contribution in [2.24, 2.45) is 62.6 Å². The minimum atomic E-state index is -0.287. The summed E-state index contributed by atoms with van der Waals surface area (Å²) >= 11 is 0. The van der Waals surface area contributed by atoms with E-state index in [9.17, 15) is 4.79 Å². The molecule has 9 atom stereocenters. The van der Waals surface area contributed by atoms with Crippen LogP contribution in [0.15, 0.2) is 42.0 Å². The normalized spacial score (nSPS) is 45.5. The number of esters is 1. The van der Waals surface area contributed by atoms with E-state index in [0.29, 0.717) is 46.5 Å². The number of ether oxygens (including phenoxy) is 1. The summed E-state index contributed by atoms with van der Waals surface area (Å²) in [5.41, 5.74) is 3.72. The number of hydrogen-bond donors (Lipinski definition) is 0. The lowest BCUT2D eigenvalue weighted by Gasteiger charge is -2.72. The zero-order valence-corrected chi connectivity index (χ0v) is 26.8. The van der Waals surface area contributed by atoms with Crippen molar-refractivity contribution < 1.29 is 9.53 Å². The van der Waals surface area contributed by atoms with Crippen molar-refractivity contribution >= 4 is 5.97 Å². The van der Waals surface area contributed by atoms with Crippen LogP contribution in [0.25, 0.3) is 0 Å². The first-order chi connectivity index (χ1) is 18.8. The number of carbonyl (C=O) groups excluding carboxylic acids is 1. The third-order valence-electron chi connectivity index (χ3n) is 15.0. The van der Waals surface area contributed by atoms with Gasteiger partial charge in [0, 0.05) is 0 Å². The second-order valence-corrected chi connectivity index (χ2v) is 16.7. The van der Waals surface area contributed by atoms with Gasteiger partial charge < -0.3 is 4.74 Å². The second kappa shape index (κ2) is 9.47. The number of rotatable bonds is 4. The summed E-state index contributed by atoms with van der Waals surface area (Å²) in [6.45, 7) is 20.8. The van der Waals surface area contributed by atoms with Gasteiger partial charge in [0.2, 0.25) is 0 Å². The van der Waals surface area contributed by atoms with Crippen LogP contribution < -0.4 is 0 Å². The van der Waals surface area contributed by atoms with E-state index < -0.39 is 0 Å². The van der Waals surface area contributed by atoms with Gasteiger partial charge in [0.25, 0.3) is 0 Å². The minimum Gasteiger partial charge on any atom is -0.460 e. The summed E-state index contributed by atoms with van der Waals surface area (Å²) in [5, 5.41) is 0. The summed E-state index contributed by atoms with van der Waals surface area (Å²) in [7, 11) is 0. The average molecular weight is 545 g/mol. The van der Waals surface area contributed by atoms with Gasteiger partial charge in [-0.05, 0) is 127 Å². The number of carbonyl (C=O) groups is 1. The first-order valence-electron chi connectivity index (χ1n) is 16.7. The lowest BCUT2D eigenvalue weighted by atomic mass is 9.32. The molecule has 1 aromatic carbocycles. The van der Waals surface area contributed by atoms with Gasteiger partial charge in [-0.2, -0.15) is 0 Å². The number of fused-ring (bicyclic) bond motifs is 7. The number of allylic oxidation sites excluding steroid dienone is 2. The Hall–Kier alpha value is -1.57. The highest BCUT2D eigenvalue weighted by Crippen LogP contribution is 2.77. The summed E-state index contributed by atoms with van der Waals surface area (Å²) < 4.78 is 6.22. The fraction of sp³-hybridized carbons (Fsp3) is 0.763. The Morgan fingerprint density at radius 1 is 0.875 bits per heavy atom. The Morgan fingerprint density at radius 2 is 1.60 bits per heavy atom. The molecule has 0 N–H and O–H groups in total. The van der Waals surface area contributed by atoms with Gasteiger partial charge in [-0.1, -0.05) is 90.4 Å². The van der Waals surface area contributed by atoms with Crippen LogP contribution >= 0.6 is 0 Å². The molecule has 1 unspecified atom stereocenters. The van der Waals surface area contributed by atoms with Crippen LogP contribution in [0.5, 0.6) is 0 Å². The summed E-state index contributed by atoms with van der Waals surface area (Å²) in [4.78, 5) is 14.2. The molecule has 0 saturated heterocycles. The van der Waals surface area contributed by atoms with Gasteiger partial charge in [-0.3, -0.25) is 4.79 Å². The van der Waals surface area contributed by atoms with Gasteiger partial charge in [0.05, 0.1) is 5.41 Å². The van der Waals surface area contributed by atoms with E-state index in [1.54, 1.807) is 5.57 Å². The molecule has 0 heterocycles. The maximum Gasteiger partial charge on any atom is 0.312 e. The molecule has 5 aliphatic carbocycles. The van der Waals surface area contributed by atoms with E-state index >= 15 is 0 Å². The van der Waals surface area contributed by atoms with Crippen LogP contribution in [-0.4, -0.2) is 5.97 Å². The summed E-state index contributed by atoms with van der Waals surface area (Å²) in [5.74, 6) is 3.97. The molecule has 1 aromatic rings. The molecule has 0 radical (unpaired) electrons. The van der Waals surface area contributed by atoms with E-state index in [4.69, 9.17) is 4.74 Å². The van der Waals surface area contributed by atoms with Gasteiger partial charge in [-0.25, -0.2) is 0 Å². The van der Waals surface area contributed by atoms with Crippen LogP contribution in [0.4, 0.5) is 0 Å². The van der Waals surface area contributed by atoms with E-state index in [-0.39, 0.29) is 16.8 Å². The molecule has 220 valence electrons. The standard InChI is InChI=1S/C38H56O2/c1-25(2)28-17-21-38(33(39)40-24-27-12-10-9-11-13-27)23-22-36(7)29(32(28)38)14-15-31-35(6)19-16-26(3)34(4,5)30(35)18-20-37(31,36)8/h9-13,16,25,28-32H,14-15,17-24H2,1-8H3/t28-,29+,30-,31?,32+,35-,36+,37+,38-/m0/s1. The molecule has 0 aliphatic heterocycles. The highest BCUT2D eigenvalue weighted by Gasteiger charge is 2.71. The Labute approximate surface area is 245 Å². The van der Waals surface area contributed by atoms with E-state index in [2.05, 4.69) is 73.6 Å². The lowest BCUT2D eigenvalue weighted by Crippen LogP contribution is -2.66. The van der Waals surface area contributed by atoms with Crippen molar-refractivity contribution in [3.63, 3.8) is 0 Å². The molecule has 0 spiro atoms. The van der Waals surface area contributed by atoms with Crippen molar-refractivity contribution in [3.8, 4) is 0 Å². The zero-order valence-electron chi connectivity index (χ0n) is 26.8. The van der Waals surface area contributed by atoms with Crippen molar-refractivity contribution in [3.05, 3.63) is 47.5 Å². The minimum absolute atomic E-state index is 0.115. The average Bonchev–Trinajstić information content (AvgIpc) is 3.32. The topological polar surface area (TPSA) is 26.3 Å². The monoisotopic (exact) mass is 544 g/mol. The Balaban J connectivity index is 1.34. The SMILES string of the molecule is CC1=CC[C@]2(C)C3CC[C@@H]4[C@H]5[C@H](C(C)C)CC[C@]5(C(=O)OCc5ccccc5)CC[C@@]4(C)[C@]3(C)CC[C@H]2C1(C)C. The van der Waals surface area contributed by atoms with Crippen LogP contribution in [0.3, 0.4) is 0 Å². The number of hydrogen-bond acceptors (Lipinski definition) is 2. The molecule has 0 amide bonds. The molecule has 0 aromatic heterocycles. The van der Waals surface area contributed by atoms with E-state index in [1.807, 2.05) is 18.2 Å².